The first-order chi connectivity index (χ1) is 21.8. The summed E-state index contributed by atoms with van der Waals surface area (Å²) in [7, 11) is 1.09. The van der Waals surface area contributed by atoms with Crippen LogP contribution in [0.15, 0.2) is 42.5 Å². The third-order valence-corrected chi connectivity index (χ3v) is 9.65. The Kier molecular flexibility index (Phi) is 10.1. The Balaban J connectivity index is 1.28. The Hall–Kier alpha value is -3.48. The van der Waals surface area contributed by atoms with Crippen molar-refractivity contribution < 1.29 is 37.5 Å². The van der Waals surface area contributed by atoms with Gasteiger partial charge in [0, 0.05) is 62.8 Å². The molecule has 2 atom stereocenters. The van der Waals surface area contributed by atoms with Crippen molar-refractivity contribution in [2.24, 2.45) is 0 Å². The number of amides is 2. The minimum atomic E-state index is -1.20. The molecule has 0 radical (unpaired) electrons. The number of methoxy groups -OCH3 is 1. The molecule has 2 saturated heterocycles. The van der Waals surface area contributed by atoms with Gasteiger partial charge in [-0.15, -0.1) is 0 Å². The number of halogens is 2. The van der Waals surface area contributed by atoms with Crippen molar-refractivity contribution in [3.05, 3.63) is 65.4 Å². The number of carboxylic acid groups (broad SMARTS) is 1. The lowest BCUT2D eigenvalue weighted by molar-refractivity contribution is -0.132. The number of carbonyl (C=O) groups excluding carboxylic acids is 1. The molecule has 0 aliphatic carbocycles. The standard InChI is InChI=1S/C34H44BF2N3O6/c1-33(2)34(3,4)46-35(45-33)24-11-9-22(10-12-24)18-25(38-32(42)43)19-30(41)39-15-6-8-23(21-39)29-20-26-27(36)13-14-28(37)31(26)40(29)16-7-17-44-5/h9-14,20,23,25,38H,6-8,15-19,21H2,1-5H3,(H,42,43)/t23?,25-/m1/s1. The van der Waals surface area contributed by atoms with Gasteiger partial charge in [0.05, 0.1) is 16.7 Å². The molecular weight excluding hydrogens is 595 g/mol. The van der Waals surface area contributed by atoms with E-state index in [1.54, 1.807) is 18.1 Å². The van der Waals surface area contributed by atoms with Gasteiger partial charge in [-0.05, 0) is 82.6 Å². The lowest BCUT2D eigenvalue weighted by Crippen LogP contribution is -2.44. The number of carbonyl (C=O) groups is 2. The van der Waals surface area contributed by atoms with Gasteiger partial charge in [-0.2, -0.15) is 0 Å². The van der Waals surface area contributed by atoms with E-state index in [9.17, 15) is 23.5 Å². The number of aryl methyl sites for hydroxylation is 1. The van der Waals surface area contributed by atoms with E-state index in [0.717, 1.165) is 41.7 Å². The van der Waals surface area contributed by atoms with Gasteiger partial charge in [0.1, 0.15) is 11.6 Å². The third kappa shape index (κ3) is 7.24. The summed E-state index contributed by atoms with van der Waals surface area (Å²) < 4.78 is 49.0. The van der Waals surface area contributed by atoms with Crippen molar-refractivity contribution in [1.82, 2.24) is 14.8 Å². The van der Waals surface area contributed by atoms with Crippen LogP contribution < -0.4 is 10.8 Å². The molecule has 3 aromatic rings. The molecule has 1 aromatic heterocycles. The van der Waals surface area contributed by atoms with E-state index in [2.05, 4.69) is 5.32 Å². The van der Waals surface area contributed by atoms with Crippen molar-refractivity contribution in [1.29, 1.82) is 0 Å². The summed E-state index contributed by atoms with van der Waals surface area (Å²) in [5.74, 6) is -1.27. The largest absolute Gasteiger partial charge is 0.494 e. The van der Waals surface area contributed by atoms with Gasteiger partial charge in [-0.25, -0.2) is 13.6 Å². The van der Waals surface area contributed by atoms with Crippen molar-refractivity contribution >= 4 is 35.5 Å². The Morgan fingerprint density at radius 3 is 2.41 bits per heavy atom. The molecule has 0 spiro atoms. The smallest absolute Gasteiger partial charge is 0.465 e. The number of rotatable bonds is 11. The molecule has 0 bridgehead atoms. The Labute approximate surface area is 269 Å². The summed E-state index contributed by atoms with van der Waals surface area (Å²) in [5, 5.41) is 12.3. The van der Waals surface area contributed by atoms with Gasteiger partial charge in [0.2, 0.25) is 5.91 Å². The van der Waals surface area contributed by atoms with Crippen LogP contribution in [0.25, 0.3) is 10.9 Å². The molecule has 2 N–H and O–H groups in total. The van der Waals surface area contributed by atoms with Gasteiger partial charge in [0.15, 0.2) is 0 Å². The summed E-state index contributed by atoms with van der Waals surface area (Å²) in [4.78, 5) is 27.0. The van der Waals surface area contributed by atoms with Gasteiger partial charge in [-0.3, -0.25) is 4.79 Å². The fourth-order valence-corrected chi connectivity index (χ4v) is 6.48. The number of benzene rings is 2. The highest BCUT2D eigenvalue weighted by atomic mass is 19.1. The summed E-state index contributed by atoms with van der Waals surface area (Å²) in [6.07, 6.45) is 1.22. The summed E-state index contributed by atoms with van der Waals surface area (Å²) >= 11 is 0. The molecule has 0 saturated carbocycles. The molecule has 2 fully saturated rings. The highest BCUT2D eigenvalue weighted by molar-refractivity contribution is 6.62. The van der Waals surface area contributed by atoms with Crippen LogP contribution in [0.5, 0.6) is 0 Å². The highest BCUT2D eigenvalue weighted by Crippen LogP contribution is 2.37. The van der Waals surface area contributed by atoms with Crippen LogP contribution in [0.1, 0.15) is 70.6 Å². The second-order valence-corrected chi connectivity index (χ2v) is 13.4. The first-order valence-corrected chi connectivity index (χ1v) is 16.0. The molecule has 2 aliphatic heterocycles. The molecule has 2 aliphatic rings. The molecule has 1 unspecified atom stereocenters. The normalized spacial score (nSPS) is 19.8. The van der Waals surface area contributed by atoms with Crippen LogP contribution >= 0.6 is 0 Å². The maximum atomic E-state index is 15.0. The summed E-state index contributed by atoms with van der Waals surface area (Å²) in [5.41, 5.74) is 1.81. The number of fused-ring (bicyclic) bond motifs is 1. The van der Waals surface area contributed by atoms with E-state index >= 15 is 0 Å². The molecule has 3 heterocycles. The number of hydrogen-bond donors (Lipinski definition) is 2. The quantitative estimate of drug-likeness (QED) is 0.220. The Bertz CT molecular complexity index is 1540. The van der Waals surface area contributed by atoms with Crippen LogP contribution in [0, 0.1) is 11.6 Å². The molecule has 5 rings (SSSR count). The van der Waals surface area contributed by atoms with Crippen LogP contribution in [0.3, 0.4) is 0 Å². The lowest BCUT2D eigenvalue weighted by Gasteiger charge is -2.34. The molecular formula is C34H44BF2N3O6. The van der Waals surface area contributed by atoms with Crippen LogP contribution in [0.4, 0.5) is 13.6 Å². The zero-order valence-electron chi connectivity index (χ0n) is 27.3. The van der Waals surface area contributed by atoms with Crippen LogP contribution in [0.2, 0.25) is 0 Å². The summed E-state index contributed by atoms with van der Waals surface area (Å²) in [6.45, 7) is 9.82. The van der Waals surface area contributed by atoms with E-state index in [1.165, 1.54) is 0 Å². The van der Waals surface area contributed by atoms with E-state index in [4.69, 9.17) is 14.0 Å². The van der Waals surface area contributed by atoms with Crippen LogP contribution in [-0.4, -0.2) is 77.7 Å². The predicted molar refractivity (Wildman–Crippen MR) is 172 cm³/mol. The average molecular weight is 640 g/mol. The zero-order chi connectivity index (χ0) is 33.2. The summed E-state index contributed by atoms with van der Waals surface area (Å²) in [6, 6.07) is 11.0. The number of hydrogen-bond acceptors (Lipinski definition) is 5. The molecule has 46 heavy (non-hydrogen) atoms. The second-order valence-electron chi connectivity index (χ2n) is 13.4. The number of piperidine rings is 1. The highest BCUT2D eigenvalue weighted by Gasteiger charge is 2.51. The Morgan fingerprint density at radius 2 is 1.76 bits per heavy atom. The van der Waals surface area contributed by atoms with Crippen molar-refractivity contribution in [2.75, 3.05) is 26.8 Å². The number of nitrogens with zero attached hydrogens (tertiary/aromatic N) is 2. The zero-order valence-corrected chi connectivity index (χ0v) is 27.3. The van der Waals surface area contributed by atoms with Crippen molar-refractivity contribution in [3.8, 4) is 0 Å². The maximum Gasteiger partial charge on any atom is 0.494 e. The van der Waals surface area contributed by atoms with E-state index in [1.807, 2.05) is 56.5 Å². The first kappa shape index (κ1) is 33.9. The Morgan fingerprint density at radius 1 is 1.09 bits per heavy atom. The average Bonchev–Trinajstić information content (AvgIpc) is 3.49. The van der Waals surface area contributed by atoms with Crippen molar-refractivity contribution in [3.63, 3.8) is 0 Å². The SMILES string of the molecule is COCCCn1c(C2CCCN(C(=O)C[C@@H](Cc3ccc(B4OC(C)(C)C(C)(C)O4)cc3)NC(=O)O)C2)cc2c(F)ccc(F)c21. The maximum absolute atomic E-state index is 15.0. The first-order valence-electron chi connectivity index (χ1n) is 16.0. The van der Waals surface area contributed by atoms with E-state index < -0.39 is 42.1 Å². The topological polar surface area (TPSA) is 102 Å². The number of nitrogens with one attached hydrogen (secondary N) is 1. The molecule has 2 aromatic carbocycles. The van der Waals surface area contributed by atoms with E-state index in [0.29, 0.717) is 39.1 Å². The molecule has 248 valence electrons. The van der Waals surface area contributed by atoms with Gasteiger partial charge >= 0.3 is 13.2 Å². The van der Waals surface area contributed by atoms with E-state index in [-0.39, 0.29) is 29.1 Å². The monoisotopic (exact) mass is 639 g/mol. The fourth-order valence-electron chi connectivity index (χ4n) is 6.48. The van der Waals surface area contributed by atoms with Gasteiger partial charge < -0.3 is 33.9 Å². The molecule has 12 heteroatoms. The predicted octanol–water partition coefficient (Wildman–Crippen LogP) is 5.23. The van der Waals surface area contributed by atoms with Gasteiger partial charge in [0.25, 0.3) is 0 Å². The lowest BCUT2D eigenvalue weighted by atomic mass is 9.78. The van der Waals surface area contributed by atoms with Crippen LogP contribution in [-0.2, 0) is 31.8 Å². The minimum absolute atomic E-state index is 0.0158. The van der Waals surface area contributed by atoms with Gasteiger partial charge in [-0.1, -0.05) is 24.3 Å². The minimum Gasteiger partial charge on any atom is -0.465 e. The second kappa shape index (κ2) is 13.7. The number of likely N-dealkylation sites (tertiary alicyclic amines) is 1. The van der Waals surface area contributed by atoms with Crippen molar-refractivity contribution in [2.45, 2.75) is 89.5 Å². The molecule has 2 amide bonds. The number of aromatic nitrogens is 1. The fraction of sp³-hybridized carbons (Fsp3) is 0.529. The third-order valence-electron chi connectivity index (χ3n) is 9.65. The molecule has 9 nitrogen and oxygen atoms in total. The number of ether oxygens (including phenoxy) is 1.